The second kappa shape index (κ2) is 7.64. The van der Waals surface area contributed by atoms with Gasteiger partial charge in [0, 0.05) is 19.3 Å². The largest absolute Gasteiger partial charge is 0.481 e. The van der Waals surface area contributed by atoms with Gasteiger partial charge in [0.2, 0.25) is 0 Å². The first kappa shape index (κ1) is 18.2. The molecule has 1 aromatic heterocycles. The van der Waals surface area contributed by atoms with Crippen LogP contribution in [-0.2, 0) is 4.79 Å². The van der Waals surface area contributed by atoms with Crippen LogP contribution in [0.25, 0.3) is 0 Å². The molecule has 0 bridgehead atoms. The fourth-order valence-electron chi connectivity index (χ4n) is 3.29. The molecule has 1 aromatic rings. The van der Waals surface area contributed by atoms with Gasteiger partial charge in [0.25, 0.3) is 0 Å². The lowest BCUT2D eigenvalue weighted by atomic mass is 9.90. The van der Waals surface area contributed by atoms with E-state index in [1.54, 1.807) is 11.1 Å². The summed E-state index contributed by atoms with van der Waals surface area (Å²) < 4.78 is 0. The predicted octanol–water partition coefficient (Wildman–Crippen LogP) is 2.84. The fraction of sp³-hybridized carbons (Fsp3) is 0.611. The summed E-state index contributed by atoms with van der Waals surface area (Å²) in [6, 6.07) is 3.45. The first-order chi connectivity index (χ1) is 11.3. The van der Waals surface area contributed by atoms with Crippen molar-refractivity contribution in [3.8, 4) is 0 Å². The Labute approximate surface area is 143 Å². The van der Waals surface area contributed by atoms with Crippen molar-refractivity contribution in [3.05, 3.63) is 29.6 Å². The number of likely N-dealkylation sites (tertiary alicyclic amines) is 1. The van der Waals surface area contributed by atoms with Gasteiger partial charge in [-0.25, -0.2) is 4.79 Å². The summed E-state index contributed by atoms with van der Waals surface area (Å²) in [5, 5.41) is 12.3. The third-order valence-corrected chi connectivity index (χ3v) is 4.59. The molecule has 2 amide bonds. The molecule has 3 unspecified atom stereocenters. The molecule has 0 saturated carbocycles. The number of carboxylic acid groups (broad SMARTS) is 1. The minimum Gasteiger partial charge on any atom is -0.481 e. The Morgan fingerprint density at radius 1 is 1.38 bits per heavy atom. The first-order valence-corrected chi connectivity index (χ1v) is 8.49. The Kier molecular flexibility index (Phi) is 5.80. The van der Waals surface area contributed by atoms with Crippen LogP contribution in [0.5, 0.6) is 0 Å². The number of hydrogen-bond acceptors (Lipinski definition) is 3. The number of nitrogens with zero attached hydrogens (tertiary/aromatic N) is 2. The molecule has 0 aliphatic carbocycles. The SMILES string of the molecule is Cc1cccnc1C(NC(=O)N1CC(C)CC(C(=O)O)C1)C(C)C. The highest BCUT2D eigenvalue weighted by molar-refractivity contribution is 5.77. The second-order valence-electron chi connectivity index (χ2n) is 7.16. The average molecular weight is 333 g/mol. The lowest BCUT2D eigenvalue weighted by molar-refractivity contribution is -0.143. The molecule has 3 atom stereocenters. The number of aryl methyl sites for hydroxylation is 1. The smallest absolute Gasteiger partial charge is 0.317 e. The summed E-state index contributed by atoms with van der Waals surface area (Å²) in [6.07, 6.45) is 2.35. The molecule has 24 heavy (non-hydrogen) atoms. The Bertz CT molecular complexity index is 603. The van der Waals surface area contributed by atoms with Crippen LogP contribution in [0.3, 0.4) is 0 Å². The van der Waals surface area contributed by atoms with E-state index in [1.165, 1.54) is 0 Å². The van der Waals surface area contributed by atoms with Crippen molar-refractivity contribution in [2.24, 2.45) is 17.8 Å². The first-order valence-electron chi connectivity index (χ1n) is 8.49. The number of urea groups is 1. The summed E-state index contributed by atoms with van der Waals surface area (Å²) in [7, 11) is 0. The van der Waals surface area contributed by atoms with Gasteiger partial charge in [0.05, 0.1) is 17.7 Å². The third-order valence-electron chi connectivity index (χ3n) is 4.59. The van der Waals surface area contributed by atoms with Crippen molar-refractivity contribution in [1.29, 1.82) is 0 Å². The van der Waals surface area contributed by atoms with Gasteiger partial charge in [0.1, 0.15) is 0 Å². The van der Waals surface area contributed by atoms with Crippen LogP contribution in [0.1, 0.15) is 44.5 Å². The topological polar surface area (TPSA) is 82.5 Å². The number of pyridine rings is 1. The standard InChI is InChI=1S/C18H27N3O3/c1-11(2)15(16-13(4)6-5-7-19-16)20-18(24)21-9-12(3)8-14(10-21)17(22)23/h5-7,11-12,14-15H,8-10H2,1-4H3,(H,20,24)(H,22,23). The van der Waals surface area contributed by atoms with Gasteiger partial charge in [-0.3, -0.25) is 9.78 Å². The van der Waals surface area contributed by atoms with Crippen LogP contribution in [0.2, 0.25) is 0 Å². The maximum atomic E-state index is 12.7. The molecule has 2 N–H and O–H groups in total. The molecule has 2 rings (SSSR count). The van der Waals surface area contributed by atoms with Gasteiger partial charge in [-0.2, -0.15) is 0 Å². The molecule has 0 spiro atoms. The monoisotopic (exact) mass is 333 g/mol. The van der Waals surface area contributed by atoms with E-state index in [0.29, 0.717) is 13.0 Å². The zero-order valence-electron chi connectivity index (χ0n) is 14.8. The highest BCUT2D eigenvalue weighted by atomic mass is 16.4. The number of carboxylic acids is 1. The Balaban J connectivity index is 2.13. The molecule has 0 radical (unpaired) electrons. The van der Waals surface area contributed by atoms with E-state index in [-0.39, 0.29) is 30.5 Å². The number of carbonyl (C=O) groups excluding carboxylic acids is 1. The van der Waals surface area contributed by atoms with Gasteiger partial charge in [0.15, 0.2) is 0 Å². The molecule has 1 aliphatic rings. The summed E-state index contributed by atoms with van der Waals surface area (Å²) in [5.74, 6) is -0.964. The molecule has 1 fully saturated rings. The Morgan fingerprint density at radius 2 is 2.08 bits per heavy atom. The van der Waals surface area contributed by atoms with Crippen LogP contribution < -0.4 is 5.32 Å². The van der Waals surface area contributed by atoms with Crippen LogP contribution in [0.4, 0.5) is 4.79 Å². The summed E-state index contributed by atoms with van der Waals surface area (Å²) in [6.45, 7) is 8.89. The quantitative estimate of drug-likeness (QED) is 0.887. The molecule has 1 saturated heterocycles. The van der Waals surface area contributed by atoms with E-state index in [9.17, 15) is 14.7 Å². The predicted molar refractivity (Wildman–Crippen MR) is 91.6 cm³/mol. The van der Waals surface area contributed by atoms with Gasteiger partial charge in [-0.15, -0.1) is 0 Å². The van der Waals surface area contributed by atoms with Crippen molar-refractivity contribution < 1.29 is 14.7 Å². The van der Waals surface area contributed by atoms with E-state index in [1.807, 2.05) is 39.8 Å². The number of aliphatic carboxylic acids is 1. The van der Waals surface area contributed by atoms with E-state index < -0.39 is 11.9 Å². The average Bonchev–Trinajstić information content (AvgIpc) is 2.52. The Hall–Kier alpha value is -2.11. The number of nitrogens with one attached hydrogen (secondary N) is 1. The maximum absolute atomic E-state index is 12.7. The van der Waals surface area contributed by atoms with Crippen LogP contribution in [0.15, 0.2) is 18.3 Å². The van der Waals surface area contributed by atoms with Crippen LogP contribution in [0, 0.1) is 24.7 Å². The number of aromatic nitrogens is 1. The maximum Gasteiger partial charge on any atom is 0.317 e. The summed E-state index contributed by atoms with van der Waals surface area (Å²) in [4.78, 5) is 30.1. The zero-order chi connectivity index (χ0) is 17.9. The molecule has 2 heterocycles. The number of carbonyl (C=O) groups is 2. The minimum atomic E-state index is -0.833. The minimum absolute atomic E-state index is 0.180. The van der Waals surface area contributed by atoms with Gasteiger partial charge in [-0.05, 0) is 36.8 Å². The molecular formula is C18H27N3O3. The lowest BCUT2D eigenvalue weighted by Gasteiger charge is -2.36. The summed E-state index contributed by atoms with van der Waals surface area (Å²) >= 11 is 0. The van der Waals surface area contributed by atoms with Gasteiger partial charge >= 0.3 is 12.0 Å². The van der Waals surface area contributed by atoms with E-state index in [4.69, 9.17) is 0 Å². The van der Waals surface area contributed by atoms with Crippen molar-refractivity contribution in [2.45, 2.75) is 40.2 Å². The fourth-order valence-corrected chi connectivity index (χ4v) is 3.29. The highest BCUT2D eigenvalue weighted by Crippen LogP contribution is 2.25. The molecule has 0 aromatic carbocycles. The number of amides is 2. The lowest BCUT2D eigenvalue weighted by Crippen LogP contribution is -2.50. The molecule has 1 aliphatic heterocycles. The molecule has 132 valence electrons. The van der Waals surface area contributed by atoms with Crippen molar-refractivity contribution in [1.82, 2.24) is 15.2 Å². The van der Waals surface area contributed by atoms with E-state index >= 15 is 0 Å². The zero-order valence-corrected chi connectivity index (χ0v) is 14.8. The van der Waals surface area contributed by atoms with Crippen molar-refractivity contribution in [2.75, 3.05) is 13.1 Å². The summed E-state index contributed by atoms with van der Waals surface area (Å²) in [5.41, 5.74) is 1.90. The highest BCUT2D eigenvalue weighted by Gasteiger charge is 2.33. The van der Waals surface area contributed by atoms with Gasteiger partial charge in [-0.1, -0.05) is 26.8 Å². The second-order valence-corrected chi connectivity index (χ2v) is 7.16. The number of rotatable bonds is 4. The number of piperidine rings is 1. The molecule has 6 heteroatoms. The Morgan fingerprint density at radius 3 is 2.67 bits per heavy atom. The number of hydrogen-bond donors (Lipinski definition) is 2. The van der Waals surface area contributed by atoms with E-state index in [0.717, 1.165) is 11.3 Å². The normalized spacial score (nSPS) is 22.3. The van der Waals surface area contributed by atoms with Crippen molar-refractivity contribution >= 4 is 12.0 Å². The van der Waals surface area contributed by atoms with Crippen LogP contribution >= 0.6 is 0 Å². The third kappa shape index (κ3) is 4.24. The van der Waals surface area contributed by atoms with Crippen LogP contribution in [-0.4, -0.2) is 40.1 Å². The van der Waals surface area contributed by atoms with Gasteiger partial charge < -0.3 is 15.3 Å². The van der Waals surface area contributed by atoms with E-state index in [2.05, 4.69) is 10.3 Å². The molecular weight excluding hydrogens is 306 g/mol. The molecule has 6 nitrogen and oxygen atoms in total. The van der Waals surface area contributed by atoms with Crippen molar-refractivity contribution in [3.63, 3.8) is 0 Å².